The number of aliphatic imine (C=N–C) groups is 1. The highest BCUT2D eigenvalue weighted by Crippen LogP contribution is 2.04. The molecule has 11 heavy (non-hydrogen) atoms. The van der Waals surface area contributed by atoms with Crippen LogP contribution in [0.4, 0.5) is 0 Å². The van der Waals surface area contributed by atoms with Crippen LogP contribution in [0, 0.1) is 0 Å². The summed E-state index contributed by atoms with van der Waals surface area (Å²) in [4.78, 5) is 6.11. The van der Waals surface area contributed by atoms with E-state index in [0.717, 1.165) is 17.5 Å². The van der Waals surface area contributed by atoms with Crippen LogP contribution in [0.2, 0.25) is 0 Å². The monoisotopic (exact) mass is 176 g/mol. The Balaban J connectivity index is 3.54. The van der Waals surface area contributed by atoms with Gasteiger partial charge in [-0.15, -0.1) is 0 Å². The lowest BCUT2D eigenvalue weighted by atomic mass is 10.9. The standard InChI is InChI=1S/C7H16N2OS/c1-8-7(9(2)3)11-6-5-10-4/h5-6H2,1-4H3/b8-7+. The zero-order valence-electron chi connectivity index (χ0n) is 7.63. The summed E-state index contributed by atoms with van der Waals surface area (Å²) in [5.41, 5.74) is 0. The highest BCUT2D eigenvalue weighted by atomic mass is 32.2. The maximum absolute atomic E-state index is 4.92. The van der Waals surface area contributed by atoms with E-state index in [4.69, 9.17) is 4.74 Å². The first-order valence-corrected chi connectivity index (χ1v) is 4.46. The van der Waals surface area contributed by atoms with Gasteiger partial charge in [0.1, 0.15) is 0 Å². The maximum Gasteiger partial charge on any atom is 0.158 e. The van der Waals surface area contributed by atoms with Crippen LogP contribution in [0.25, 0.3) is 0 Å². The fourth-order valence-corrected chi connectivity index (χ4v) is 1.43. The molecule has 0 aliphatic heterocycles. The van der Waals surface area contributed by atoms with E-state index in [0.29, 0.717) is 0 Å². The number of amidine groups is 1. The van der Waals surface area contributed by atoms with Gasteiger partial charge in [-0.05, 0) is 0 Å². The van der Waals surface area contributed by atoms with Crippen molar-refractivity contribution in [3.05, 3.63) is 0 Å². The van der Waals surface area contributed by atoms with E-state index in [1.165, 1.54) is 0 Å². The molecule has 0 radical (unpaired) electrons. The minimum absolute atomic E-state index is 0.775. The molecule has 0 fully saturated rings. The predicted octanol–water partition coefficient (Wildman–Crippen LogP) is 0.913. The average Bonchev–Trinajstić information content (AvgIpc) is 1.97. The summed E-state index contributed by atoms with van der Waals surface area (Å²) in [5.74, 6) is 0.960. The van der Waals surface area contributed by atoms with E-state index < -0.39 is 0 Å². The second-order valence-electron chi connectivity index (χ2n) is 2.24. The van der Waals surface area contributed by atoms with Gasteiger partial charge in [-0.3, -0.25) is 4.99 Å². The summed E-state index contributed by atoms with van der Waals surface area (Å²) in [7, 11) is 7.48. The normalized spacial score (nSPS) is 11.8. The van der Waals surface area contributed by atoms with Crippen molar-refractivity contribution >= 4 is 16.9 Å². The SMILES string of the molecule is C/N=C(/SCCOC)N(C)C. The van der Waals surface area contributed by atoms with Crippen LogP contribution in [0.15, 0.2) is 4.99 Å². The molecule has 0 rings (SSSR count). The zero-order valence-corrected chi connectivity index (χ0v) is 8.44. The van der Waals surface area contributed by atoms with Gasteiger partial charge in [0.05, 0.1) is 6.61 Å². The van der Waals surface area contributed by atoms with E-state index in [-0.39, 0.29) is 0 Å². The van der Waals surface area contributed by atoms with Crippen molar-refractivity contribution in [2.24, 2.45) is 4.99 Å². The molecule has 0 saturated heterocycles. The Bertz CT molecular complexity index is 126. The summed E-state index contributed by atoms with van der Waals surface area (Å²) < 4.78 is 4.92. The topological polar surface area (TPSA) is 24.8 Å². The summed E-state index contributed by atoms with van der Waals surface area (Å²) in [5, 5.41) is 1.04. The predicted molar refractivity (Wildman–Crippen MR) is 51.4 cm³/mol. The molecule has 0 unspecified atom stereocenters. The smallest absolute Gasteiger partial charge is 0.158 e. The Morgan fingerprint density at radius 3 is 2.55 bits per heavy atom. The third-order valence-electron chi connectivity index (χ3n) is 1.09. The zero-order chi connectivity index (χ0) is 8.69. The van der Waals surface area contributed by atoms with Gasteiger partial charge in [-0.25, -0.2) is 0 Å². The van der Waals surface area contributed by atoms with E-state index in [9.17, 15) is 0 Å². The summed E-state index contributed by atoms with van der Waals surface area (Å²) in [6, 6.07) is 0. The van der Waals surface area contributed by atoms with E-state index in [1.54, 1.807) is 25.9 Å². The van der Waals surface area contributed by atoms with Gasteiger partial charge in [0, 0.05) is 34.0 Å². The number of nitrogens with zero attached hydrogens (tertiary/aromatic N) is 2. The van der Waals surface area contributed by atoms with Crippen molar-refractivity contribution in [3.63, 3.8) is 0 Å². The van der Waals surface area contributed by atoms with E-state index >= 15 is 0 Å². The number of methoxy groups -OCH3 is 1. The van der Waals surface area contributed by atoms with E-state index in [1.807, 2.05) is 19.0 Å². The van der Waals surface area contributed by atoms with Crippen LogP contribution in [-0.4, -0.2) is 50.7 Å². The molecule has 0 amide bonds. The fraction of sp³-hybridized carbons (Fsp3) is 0.857. The molecule has 0 aliphatic carbocycles. The minimum atomic E-state index is 0.775. The lowest BCUT2D eigenvalue weighted by Crippen LogP contribution is -2.19. The molecule has 0 aliphatic rings. The highest BCUT2D eigenvalue weighted by Gasteiger charge is 1.99. The third kappa shape index (κ3) is 5.09. The summed E-state index contributed by atoms with van der Waals surface area (Å²) in [6.45, 7) is 0.775. The minimum Gasteiger partial charge on any atom is -0.384 e. The molecule has 0 aromatic rings. The van der Waals surface area contributed by atoms with Crippen molar-refractivity contribution in [1.82, 2.24) is 4.90 Å². The summed E-state index contributed by atoms with van der Waals surface area (Å²) >= 11 is 1.71. The molecule has 0 spiro atoms. The fourth-order valence-electron chi connectivity index (χ4n) is 0.610. The molecule has 4 heteroatoms. The maximum atomic E-state index is 4.92. The van der Waals surface area contributed by atoms with Gasteiger partial charge < -0.3 is 9.64 Å². The summed E-state index contributed by atoms with van der Waals surface area (Å²) in [6.07, 6.45) is 0. The van der Waals surface area contributed by atoms with Gasteiger partial charge >= 0.3 is 0 Å². The van der Waals surface area contributed by atoms with Crippen molar-refractivity contribution in [3.8, 4) is 0 Å². The van der Waals surface area contributed by atoms with Gasteiger partial charge in [-0.1, -0.05) is 11.8 Å². The first-order valence-electron chi connectivity index (χ1n) is 3.48. The first kappa shape index (κ1) is 10.8. The van der Waals surface area contributed by atoms with Crippen molar-refractivity contribution in [1.29, 1.82) is 0 Å². The Kier molecular flexibility index (Phi) is 6.36. The lowest BCUT2D eigenvalue weighted by molar-refractivity contribution is 0.219. The highest BCUT2D eigenvalue weighted by molar-refractivity contribution is 8.13. The number of thioether (sulfide) groups is 1. The van der Waals surface area contributed by atoms with Crippen LogP contribution in [0.3, 0.4) is 0 Å². The third-order valence-corrected chi connectivity index (χ3v) is 2.27. The molecule has 0 atom stereocenters. The second-order valence-corrected chi connectivity index (χ2v) is 3.30. The van der Waals surface area contributed by atoms with Crippen molar-refractivity contribution in [2.45, 2.75) is 0 Å². The molecule has 66 valence electrons. The van der Waals surface area contributed by atoms with Crippen LogP contribution < -0.4 is 0 Å². The second kappa shape index (κ2) is 6.49. The first-order chi connectivity index (χ1) is 5.22. The van der Waals surface area contributed by atoms with Crippen LogP contribution in [0.5, 0.6) is 0 Å². The Hall–Kier alpha value is -0.220. The largest absolute Gasteiger partial charge is 0.384 e. The van der Waals surface area contributed by atoms with Crippen molar-refractivity contribution in [2.75, 3.05) is 40.6 Å². The number of hydrogen-bond acceptors (Lipinski definition) is 3. The molecule has 0 N–H and O–H groups in total. The van der Waals surface area contributed by atoms with Crippen molar-refractivity contribution < 1.29 is 4.74 Å². The van der Waals surface area contributed by atoms with Crippen LogP contribution in [0.1, 0.15) is 0 Å². The van der Waals surface area contributed by atoms with Crippen LogP contribution in [-0.2, 0) is 4.74 Å². The average molecular weight is 176 g/mol. The molecule has 0 bridgehead atoms. The molecule has 0 saturated carbocycles. The molecule has 3 nitrogen and oxygen atoms in total. The Labute approximate surface area is 72.8 Å². The molecule has 0 aromatic carbocycles. The Morgan fingerprint density at radius 1 is 1.55 bits per heavy atom. The molecule has 0 heterocycles. The van der Waals surface area contributed by atoms with E-state index in [2.05, 4.69) is 4.99 Å². The lowest BCUT2D eigenvalue weighted by Gasteiger charge is -2.13. The van der Waals surface area contributed by atoms with Crippen LogP contribution >= 0.6 is 11.8 Å². The number of rotatable bonds is 3. The molecular weight excluding hydrogens is 160 g/mol. The van der Waals surface area contributed by atoms with Gasteiger partial charge in [-0.2, -0.15) is 0 Å². The number of ether oxygens (including phenoxy) is 1. The number of hydrogen-bond donors (Lipinski definition) is 0. The van der Waals surface area contributed by atoms with Gasteiger partial charge in [0.15, 0.2) is 5.17 Å². The Morgan fingerprint density at radius 2 is 2.18 bits per heavy atom. The molecule has 0 aromatic heterocycles. The van der Waals surface area contributed by atoms with Gasteiger partial charge in [0.25, 0.3) is 0 Å². The molecular formula is C7H16N2OS. The quantitative estimate of drug-likeness (QED) is 0.363. The van der Waals surface area contributed by atoms with Gasteiger partial charge in [0.2, 0.25) is 0 Å².